The highest BCUT2D eigenvalue weighted by molar-refractivity contribution is 6.30. The van der Waals surface area contributed by atoms with Gasteiger partial charge in [-0.05, 0) is 24.6 Å². The maximum Gasteiger partial charge on any atom is 0.471 e. The zero-order chi connectivity index (χ0) is 16.8. The number of halogens is 4. The van der Waals surface area contributed by atoms with E-state index in [1.807, 2.05) is 0 Å². The normalized spacial score (nSPS) is 11.1. The smallest absolute Gasteiger partial charge is 0.466 e. The molecule has 0 unspecified atom stereocenters. The van der Waals surface area contributed by atoms with Crippen molar-refractivity contribution in [1.29, 1.82) is 0 Å². The minimum Gasteiger partial charge on any atom is -0.466 e. The van der Waals surface area contributed by atoms with Crippen LogP contribution in [-0.4, -0.2) is 36.1 Å². The Kier molecular flexibility index (Phi) is 6.67. The lowest BCUT2D eigenvalue weighted by Crippen LogP contribution is -2.41. The van der Waals surface area contributed by atoms with E-state index >= 15 is 0 Å². The Balaban J connectivity index is 2.79. The highest BCUT2D eigenvalue weighted by Crippen LogP contribution is 2.21. The van der Waals surface area contributed by atoms with Crippen molar-refractivity contribution in [3.63, 3.8) is 0 Å². The second-order valence-corrected chi connectivity index (χ2v) is 4.84. The number of esters is 1. The molecule has 0 aliphatic heterocycles. The van der Waals surface area contributed by atoms with Crippen molar-refractivity contribution in [2.75, 3.05) is 13.2 Å². The molecule has 4 nitrogen and oxygen atoms in total. The van der Waals surface area contributed by atoms with Gasteiger partial charge in [-0.25, -0.2) is 0 Å². The van der Waals surface area contributed by atoms with Crippen molar-refractivity contribution in [3.05, 3.63) is 34.9 Å². The summed E-state index contributed by atoms with van der Waals surface area (Å²) < 4.78 is 42.5. The number of hydrogen-bond acceptors (Lipinski definition) is 3. The van der Waals surface area contributed by atoms with Crippen LogP contribution >= 0.6 is 11.6 Å². The fraction of sp³-hybridized carbons (Fsp3) is 0.429. The Labute approximate surface area is 130 Å². The summed E-state index contributed by atoms with van der Waals surface area (Å²) in [7, 11) is 0. The molecule has 0 N–H and O–H groups in total. The first-order valence-electron chi connectivity index (χ1n) is 6.50. The predicted octanol–water partition coefficient (Wildman–Crippen LogP) is 3.18. The largest absolute Gasteiger partial charge is 0.471 e. The lowest BCUT2D eigenvalue weighted by molar-refractivity contribution is -0.186. The van der Waals surface area contributed by atoms with Gasteiger partial charge in [0.15, 0.2) is 0 Å². The molecule has 0 saturated heterocycles. The van der Waals surface area contributed by atoms with Gasteiger partial charge in [0.2, 0.25) is 0 Å². The molecule has 122 valence electrons. The van der Waals surface area contributed by atoms with Crippen LogP contribution in [0.4, 0.5) is 13.2 Å². The van der Waals surface area contributed by atoms with Gasteiger partial charge in [-0.15, -0.1) is 0 Å². The number of rotatable bonds is 6. The monoisotopic (exact) mass is 337 g/mol. The zero-order valence-corrected chi connectivity index (χ0v) is 12.6. The van der Waals surface area contributed by atoms with Crippen molar-refractivity contribution in [1.82, 2.24) is 4.90 Å². The summed E-state index contributed by atoms with van der Waals surface area (Å²) in [6, 6.07) is 6.06. The first-order valence-corrected chi connectivity index (χ1v) is 6.88. The van der Waals surface area contributed by atoms with Gasteiger partial charge in [-0.2, -0.15) is 13.2 Å². The van der Waals surface area contributed by atoms with Gasteiger partial charge >= 0.3 is 18.1 Å². The Hall–Kier alpha value is -1.76. The lowest BCUT2D eigenvalue weighted by atomic mass is 10.2. The molecule has 1 aromatic rings. The van der Waals surface area contributed by atoms with Gasteiger partial charge in [0.25, 0.3) is 0 Å². The fourth-order valence-corrected chi connectivity index (χ4v) is 1.83. The molecule has 1 aromatic carbocycles. The van der Waals surface area contributed by atoms with Gasteiger partial charge in [0, 0.05) is 18.1 Å². The molecule has 0 atom stereocenters. The van der Waals surface area contributed by atoms with Crippen LogP contribution < -0.4 is 0 Å². The third-order valence-corrected chi connectivity index (χ3v) is 2.96. The lowest BCUT2D eigenvalue weighted by Gasteiger charge is -2.23. The van der Waals surface area contributed by atoms with E-state index in [9.17, 15) is 22.8 Å². The molecule has 0 saturated carbocycles. The van der Waals surface area contributed by atoms with E-state index in [-0.39, 0.29) is 26.1 Å². The average Bonchev–Trinajstić information content (AvgIpc) is 2.44. The van der Waals surface area contributed by atoms with E-state index in [1.54, 1.807) is 6.92 Å². The molecular formula is C14H15ClF3NO3. The molecule has 1 amide bonds. The molecule has 0 fully saturated rings. The van der Waals surface area contributed by atoms with Crippen molar-refractivity contribution in [3.8, 4) is 0 Å². The number of benzene rings is 1. The highest BCUT2D eigenvalue weighted by Gasteiger charge is 2.42. The Morgan fingerprint density at radius 3 is 2.32 bits per heavy atom. The molecule has 0 aliphatic carbocycles. The van der Waals surface area contributed by atoms with E-state index < -0.39 is 18.1 Å². The maximum atomic E-state index is 12.6. The maximum absolute atomic E-state index is 12.6. The van der Waals surface area contributed by atoms with Crippen LogP contribution in [0, 0.1) is 0 Å². The molecule has 0 spiro atoms. The summed E-state index contributed by atoms with van der Waals surface area (Å²) in [5.74, 6) is -2.65. The quantitative estimate of drug-likeness (QED) is 0.749. The SMILES string of the molecule is CCOC(=O)CCN(Cc1ccc(Cl)cc1)C(=O)C(F)(F)F. The van der Waals surface area contributed by atoms with Crippen molar-refractivity contribution in [2.24, 2.45) is 0 Å². The molecule has 0 heterocycles. The third kappa shape index (κ3) is 5.93. The van der Waals surface area contributed by atoms with Crippen molar-refractivity contribution < 1.29 is 27.5 Å². The topological polar surface area (TPSA) is 46.6 Å². The Morgan fingerprint density at radius 1 is 1.23 bits per heavy atom. The van der Waals surface area contributed by atoms with Gasteiger partial charge in [0.1, 0.15) is 0 Å². The van der Waals surface area contributed by atoms with Crippen LogP contribution in [0.1, 0.15) is 18.9 Å². The van der Waals surface area contributed by atoms with Gasteiger partial charge in [0.05, 0.1) is 13.0 Å². The summed E-state index contributed by atoms with van der Waals surface area (Å²) >= 11 is 5.70. The summed E-state index contributed by atoms with van der Waals surface area (Å²) in [5.41, 5.74) is 0.478. The number of carbonyl (C=O) groups excluding carboxylic acids is 2. The zero-order valence-electron chi connectivity index (χ0n) is 11.8. The summed E-state index contributed by atoms with van der Waals surface area (Å²) in [6.07, 6.45) is -5.30. The number of amides is 1. The number of nitrogens with zero attached hydrogens (tertiary/aromatic N) is 1. The molecule has 8 heteroatoms. The summed E-state index contributed by atoms with van der Waals surface area (Å²) in [6.45, 7) is 1.07. The molecule has 0 radical (unpaired) electrons. The first-order chi connectivity index (χ1) is 10.2. The highest BCUT2D eigenvalue weighted by atomic mass is 35.5. The van der Waals surface area contributed by atoms with Gasteiger partial charge in [-0.3, -0.25) is 9.59 Å². The molecule has 22 heavy (non-hydrogen) atoms. The molecule has 0 aromatic heterocycles. The molecule has 0 aliphatic rings. The number of hydrogen-bond donors (Lipinski definition) is 0. The fourth-order valence-electron chi connectivity index (χ4n) is 1.70. The van der Waals surface area contributed by atoms with Crippen LogP contribution in [0.25, 0.3) is 0 Å². The molecular weight excluding hydrogens is 323 g/mol. The summed E-state index contributed by atoms with van der Waals surface area (Å²) in [4.78, 5) is 23.3. The van der Waals surface area contributed by atoms with Crippen LogP contribution in [-0.2, 0) is 20.9 Å². The Bertz CT molecular complexity index is 517. The average molecular weight is 338 g/mol. The summed E-state index contributed by atoms with van der Waals surface area (Å²) in [5, 5.41) is 0.434. The van der Waals surface area contributed by atoms with Crippen molar-refractivity contribution >= 4 is 23.5 Å². The van der Waals surface area contributed by atoms with E-state index in [0.29, 0.717) is 15.5 Å². The standard InChI is InChI=1S/C14H15ClF3NO3/c1-2-22-12(20)7-8-19(13(21)14(16,17)18)9-10-3-5-11(15)6-4-10/h3-6H,2,7-9H2,1H3. The molecule has 0 bridgehead atoms. The predicted molar refractivity (Wildman–Crippen MR) is 74.2 cm³/mol. The van der Waals surface area contributed by atoms with Crippen LogP contribution in [0.15, 0.2) is 24.3 Å². The van der Waals surface area contributed by atoms with E-state index in [0.717, 1.165) is 0 Å². The van der Waals surface area contributed by atoms with Crippen LogP contribution in [0.3, 0.4) is 0 Å². The van der Waals surface area contributed by atoms with Crippen LogP contribution in [0.2, 0.25) is 5.02 Å². The number of carbonyl (C=O) groups is 2. The second kappa shape index (κ2) is 8.03. The third-order valence-electron chi connectivity index (χ3n) is 2.71. The minimum atomic E-state index is -5.00. The van der Waals surface area contributed by atoms with E-state index in [1.165, 1.54) is 24.3 Å². The van der Waals surface area contributed by atoms with Crippen molar-refractivity contribution in [2.45, 2.75) is 26.1 Å². The second-order valence-electron chi connectivity index (χ2n) is 4.41. The van der Waals surface area contributed by atoms with E-state index in [4.69, 9.17) is 11.6 Å². The number of ether oxygens (including phenoxy) is 1. The van der Waals surface area contributed by atoms with E-state index in [2.05, 4.69) is 4.74 Å². The molecule has 1 rings (SSSR count). The first kappa shape index (κ1) is 18.3. The minimum absolute atomic E-state index is 0.128. The van der Waals surface area contributed by atoms with Gasteiger partial charge < -0.3 is 9.64 Å². The Morgan fingerprint density at radius 2 is 1.82 bits per heavy atom. The van der Waals surface area contributed by atoms with Crippen LogP contribution in [0.5, 0.6) is 0 Å². The number of alkyl halides is 3. The van der Waals surface area contributed by atoms with Gasteiger partial charge in [-0.1, -0.05) is 23.7 Å².